The monoisotopic (exact) mass is 335 g/mol. The predicted molar refractivity (Wildman–Crippen MR) is 84.7 cm³/mol. The zero-order chi connectivity index (χ0) is 16.2. The zero-order valence-electron chi connectivity index (χ0n) is 11.7. The minimum Gasteiger partial charge on any atom is -0.273 e. The molecule has 1 amide bonds. The van der Waals surface area contributed by atoms with Crippen molar-refractivity contribution < 1.29 is 13.2 Å². The molecule has 1 aromatic carbocycles. The van der Waals surface area contributed by atoms with Crippen molar-refractivity contribution in [1.29, 1.82) is 5.26 Å². The van der Waals surface area contributed by atoms with E-state index >= 15 is 0 Å². The number of nitrogens with zero attached hydrogens (tertiary/aromatic N) is 2. The highest BCUT2D eigenvalue weighted by atomic mass is 32.2. The minimum atomic E-state index is -3.99. The van der Waals surface area contributed by atoms with Crippen LogP contribution in [0.5, 0.6) is 0 Å². The van der Waals surface area contributed by atoms with Crippen molar-refractivity contribution in [2.75, 3.05) is 11.5 Å². The number of pyridine rings is 1. The molecular weight excluding hydrogens is 322 g/mol. The average Bonchev–Trinajstić information content (AvgIpc) is 2.46. The number of para-hydroxylation sites is 1. The molecule has 0 unspecified atom stereocenters. The minimum absolute atomic E-state index is 0.0383. The third-order valence-corrected chi connectivity index (χ3v) is 4.95. The van der Waals surface area contributed by atoms with E-state index in [9.17, 15) is 13.2 Å². The normalized spacial score (nSPS) is 11.1. The molecule has 0 aliphatic carbocycles. The van der Waals surface area contributed by atoms with Crippen LogP contribution in [0.15, 0.2) is 35.4 Å². The van der Waals surface area contributed by atoms with Gasteiger partial charge in [-0.25, -0.2) is 13.1 Å². The van der Waals surface area contributed by atoms with Gasteiger partial charge in [0.05, 0.1) is 23.1 Å². The second-order valence-corrected chi connectivity index (χ2v) is 7.16. The first-order valence-electron chi connectivity index (χ1n) is 6.30. The molecule has 2 aromatic rings. The van der Waals surface area contributed by atoms with Gasteiger partial charge in [0, 0.05) is 11.6 Å². The molecule has 0 aliphatic heterocycles. The first-order valence-corrected chi connectivity index (χ1v) is 8.93. The first kappa shape index (κ1) is 16.3. The Morgan fingerprint density at radius 2 is 2.23 bits per heavy atom. The van der Waals surface area contributed by atoms with Crippen LogP contribution < -0.4 is 4.72 Å². The Labute approximate surface area is 132 Å². The first-order chi connectivity index (χ1) is 10.4. The van der Waals surface area contributed by atoms with E-state index in [1.807, 2.05) is 23.8 Å². The third-order valence-electron chi connectivity index (χ3n) is 2.75. The van der Waals surface area contributed by atoms with Crippen molar-refractivity contribution in [1.82, 2.24) is 9.71 Å². The number of thioether (sulfide) groups is 1. The van der Waals surface area contributed by atoms with E-state index in [-0.39, 0.29) is 16.4 Å². The molecule has 0 spiro atoms. The Bertz CT molecular complexity index is 857. The van der Waals surface area contributed by atoms with Crippen LogP contribution in [0.4, 0.5) is 0 Å². The highest BCUT2D eigenvalue weighted by molar-refractivity contribution is 8.00. The Morgan fingerprint density at radius 3 is 2.95 bits per heavy atom. The van der Waals surface area contributed by atoms with Gasteiger partial charge >= 0.3 is 0 Å². The van der Waals surface area contributed by atoms with Crippen LogP contribution in [-0.2, 0) is 14.8 Å². The highest BCUT2D eigenvalue weighted by Crippen LogP contribution is 2.21. The topological polar surface area (TPSA) is 99.9 Å². The summed E-state index contributed by atoms with van der Waals surface area (Å²) in [4.78, 5) is 15.8. The summed E-state index contributed by atoms with van der Waals surface area (Å²) < 4.78 is 26.7. The maximum Gasteiger partial charge on any atom is 0.266 e. The lowest BCUT2D eigenvalue weighted by Gasteiger charge is -2.09. The van der Waals surface area contributed by atoms with E-state index in [1.165, 1.54) is 6.07 Å². The number of carbonyl (C=O) groups is 1. The van der Waals surface area contributed by atoms with Crippen molar-refractivity contribution in [2.24, 2.45) is 0 Å². The summed E-state index contributed by atoms with van der Waals surface area (Å²) in [6.07, 6.45) is 1.58. The molecule has 2 rings (SSSR count). The van der Waals surface area contributed by atoms with Crippen LogP contribution in [0.25, 0.3) is 10.9 Å². The Hall–Kier alpha value is -2.11. The number of nitriles is 1. The second kappa shape index (κ2) is 6.77. The number of aryl methyl sites for hydroxylation is 1. The number of hydrogen-bond donors (Lipinski definition) is 1. The van der Waals surface area contributed by atoms with E-state index in [2.05, 4.69) is 4.98 Å². The molecule has 22 heavy (non-hydrogen) atoms. The smallest absolute Gasteiger partial charge is 0.266 e. The van der Waals surface area contributed by atoms with Crippen LogP contribution >= 0.6 is 11.8 Å². The van der Waals surface area contributed by atoms with Gasteiger partial charge in [0.2, 0.25) is 5.91 Å². The second-order valence-electron chi connectivity index (χ2n) is 4.52. The fraction of sp³-hybridized carbons (Fsp3) is 0.214. The zero-order valence-corrected chi connectivity index (χ0v) is 13.4. The fourth-order valence-electron chi connectivity index (χ4n) is 1.88. The molecule has 1 aromatic heterocycles. The molecule has 1 N–H and O–H groups in total. The SMILES string of the molecule is Cc1cnc2c(S(=O)(=O)NC(=O)CSCC#N)cccc2c1. The quantitative estimate of drug-likeness (QED) is 0.833. The molecule has 0 bridgehead atoms. The van der Waals surface area contributed by atoms with Gasteiger partial charge in [-0.3, -0.25) is 9.78 Å². The summed E-state index contributed by atoms with van der Waals surface area (Å²) in [6, 6.07) is 8.47. The summed E-state index contributed by atoms with van der Waals surface area (Å²) in [7, 11) is -3.99. The molecule has 0 fully saturated rings. The maximum absolute atomic E-state index is 12.3. The molecular formula is C14H13N3O3S2. The van der Waals surface area contributed by atoms with E-state index < -0.39 is 15.9 Å². The van der Waals surface area contributed by atoms with Crippen molar-refractivity contribution >= 4 is 38.6 Å². The van der Waals surface area contributed by atoms with Gasteiger partial charge in [0.1, 0.15) is 4.90 Å². The lowest BCUT2D eigenvalue weighted by atomic mass is 10.2. The summed E-state index contributed by atoms with van der Waals surface area (Å²) >= 11 is 1.05. The molecule has 0 saturated heterocycles. The molecule has 6 nitrogen and oxygen atoms in total. The molecule has 0 saturated carbocycles. The number of benzene rings is 1. The third kappa shape index (κ3) is 3.75. The van der Waals surface area contributed by atoms with Crippen LogP contribution in [0, 0.1) is 18.3 Å². The summed E-state index contributed by atoms with van der Waals surface area (Å²) in [5.74, 6) is -0.628. The van der Waals surface area contributed by atoms with Crippen LogP contribution in [-0.4, -0.2) is 30.8 Å². The van der Waals surface area contributed by atoms with E-state index in [4.69, 9.17) is 5.26 Å². The van der Waals surface area contributed by atoms with Gasteiger partial charge in [-0.2, -0.15) is 5.26 Å². The lowest BCUT2D eigenvalue weighted by molar-refractivity contribution is -0.116. The Balaban J connectivity index is 2.30. The largest absolute Gasteiger partial charge is 0.273 e. The number of fused-ring (bicyclic) bond motifs is 1. The van der Waals surface area contributed by atoms with Gasteiger partial charge in [0.25, 0.3) is 10.0 Å². The summed E-state index contributed by atoms with van der Waals surface area (Å²) in [5.41, 5.74) is 1.23. The highest BCUT2D eigenvalue weighted by Gasteiger charge is 2.20. The van der Waals surface area contributed by atoms with Gasteiger partial charge in [-0.05, 0) is 24.6 Å². The van der Waals surface area contributed by atoms with E-state index in [1.54, 1.807) is 18.3 Å². The average molecular weight is 335 g/mol. The van der Waals surface area contributed by atoms with Crippen LogP contribution in [0.1, 0.15) is 5.56 Å². The molecule has 8 heteroatoms. The standard InChI is InChI=1S/C14H13N3O3S2/c1-10-7-11-3-2-4-12(14(11)16-8-10)22(19,20)17-13(18)9-21-6-5-15/h2-4,7-8H,6,9H2,1H3,(H,17,18). The molecule has 114 valence electrons. The number of sulfonamides is 1. The number of rotatable bonds is 5. The summed E-state index contributed by atoms with van der Waals surface area (Å²) in [5, 5.41) is 9.09. The van der Waals surface area contributed by atoms with Gasteiger partial charge in [0.15, 0.2) is 0 Å². The predicted octanol–water partition coefficient (Wildman–Crippen LogP) is 1.60. The van der Waals surface area contributed by atoms with Crippen LogP contribution in [0.2, 0.25) is 0 Å². The number of nitrogens with one attached hydrogen (secondary N) is 1. The van der Waals surface area contributed by atoms with Crippen molar-refractivity contribution in [2.45, 2.75) is 11.8 Å². The number of aromatic nitrogens is 1. The number of carbonyl (C=O) groups excluding carboxylic acids is 1. The van der Waals surface area contributed by atoms with E-state index in [0.29, 0.717) is 10.9 Å². The van der Waals surface area contributed by atoms with Crippen molar-refractivity contribution in [3.05, 3.63) is 36.0 Å². The molecule has 0 radical (unpaired) electrons. The van der Waals surface area contributed by atoms with Gasteiger partial charge in [-0.15, -0.1) is 11.8 Å². The Morgan fingerprint density at radius 1 is 1.45 bits per heavy atom. The fourth-order valence-corrected chi connectivity index (χ4v) is 3.59. The molecule has 0 aliphatic rings. The lowest BCUT2D eigenvalue weighted by Crippen LogP contribution is -2.32. The van der Waals surface area contributed by atoms with Gasteiger partial charge < -0.3 is 0 Å². The van der Waals surface area contributed by atoms with E-state index in [0.717, 1.165) is 17.3 Å². The number of amides is 1. The number of hydrogen-bond acceptors (Lipinski definition) is 6. The van der Waals surface area contributed by atoms with Crippen LogP contribution in [0.3, 0.4) is 0 Å². The van der Waals surface area contributed by atoms with Gasteiger partial charge in [-0.1, -0.05) is 12.1 Å². The van der Waals surface area contributed by atoms with Crippen molar-refractivity contribution in [3.8, 4) is 6.07 Å². The van der Waals surface area contributed by atoms with Crippen molar-refractivity contribution in [3.63, 3.8) is 0 Å². The summed E-state index contributed by atoms with van der Waals surface area (Å²) in [6.45, 7) is 1.86. The molecule has 1 heterocycles. The Kier molecular flexibility index (Phi) is 5.00. The maximum atomic E-state index is 12.3. The molecule has 0 atom stereocenters.